The molecule has 0 fully saturated rings. The first kappa shape index (κ1) is 12.4. The number of benzene rings is 1. The molecule has 0 aliphatic carbocycles. The number of anilines is 1. The molecule has 1 aromatic heterocycles. The fraction of sp³-hybridized carbons (Fsp3) is 0.308. The van der Waals surface area contributed by atoms with Crippen LogP contribution in [0.3, 0.4) is 0 Å². The largest absolute Gasteiger partial charge is 0.497 e. The van der Waals surface area contributed by atoms with Crippen molar-refractivity contribution in [3.63, 3.8) is 0 Å². The first-order valence-electron chi connectivity index (χ1n) is 5.73. The molecule has 96 valence electrons. The third-order valence-corrected chi connectivity index (χ3v) is 2.74. The maximum absolute atomic E-state index is 9.43. The van der Waals surface area contributed by atoms with Gasteiger partial charge in [0.1, 0.15) is 5.75 Å². The Morgan fingerprint density at radius 3 is 2.61 bits per heavy atom. The van der Waals surface area contributed by atoms with Crippen LogP contribution in [0, 0.1) is 0 Å². The van der Waals surface area contributed by atoms with Gasteiger partial charge in [-0.05, 0) is 24.3 Å². The first-order chi connectivity index (χ1) is 8.72. The molecule has 5 heteroatoms. The van der Waals surface area contributed by atoms with Gasteiger partial charge in [-0.2, -0.15) is 5.10 Å². The van der Waals surface area contributed by atoms with E-state index < -0.39 is 0 Å². The number of ether oxygens (including phenoxy) is 1. The predicted molar refractivity (Wildman–Crippen MR) is 69.7 cm³/mol. The van der Waals surface area contributed by atoms with Gasteiger partial charge < -0.3 is 15.2 Å². The number of nitrogens with one attached hydrogen (secondary N) is 1. The normalized spacial score (nSPS) is 12.2. The standard InChI is InChI=1S/C13H17N3O2/c1-16-8-10(7-14-16)13(9-17)15-11-3-5-12(18-2)6-4-11/h3-8,13,15,17H,9H2,1-2H3. The second kappa shape index (κ2) is 5.55. The molecule has 0 saturated carbocycles. The van der Waals surface area contributed by atoms with E-state index in [4.69, 9.17) is 4.74 Å². The third-order valence-electron chi connectivity index (χ3n) is 2.74. The van der Waals surface area contributed by atoms with Crippen molar-refractivity contribution in [2.45, 2.75) is 6.04 Å². The summed E-state index contributed by atoms with van der Waals surface area (Å²) in [5.41, 5.74) is 1.88. The van der Waals surface area contributed by atoms with Crippen molar-refractivity contribution in [3.05, 3.63) is 42.2 Å². The van der Waals surface area contributed by atoms with Crippen LogP contribution in [0.5, 0.6) is 5.75 Å². The molecule has 0 saturated heterocycles. The van der Waals surface area contributed by atoms with Crippen LogP contribution < -0.4 is 10.1 Å². The van der Waals surface area contributed by atoms with Crippen LogP contribution in [0.1, 0.15) is 11.6 Å². The molecule has 0 aliphatic heterocycles. The highest BCUT2D eigenvalue weighted by Gasteiger charge is 2.11. The van der Waals surface area contributed by atoms with Crippen LogP contribution >= 0.6 is 0 Å². The summed E-state index contributed by atoms with van der Waals surface area (Å²) in [7, 11) is 3.49. The monoisotopic (exact) mass is 247 g/mol. The molecule has 5 nitrogen and oxygen atoms in total. The van der Waals surface area contributed by atoms with E-state index in [1.807, 2.05) is 37.5 Å². The van der Waals surface area contributed by atoms with E-state index in [0.29, 0.717) is 0 Å². The van der Waals surface area contributed by atoms with Crippen molar-refractivity contribution in [2.24, 2.45) is 7.05 Å². The van der Waals surface area contributed by atoms with E-state index in [0.717, 1.165) is 17.0 Å². The predicted octanol–water partition coefficient (Wildman–Crippen LogP) is 1.57. The van der Waals surface area contributed by atoms with Crippen LogP contribution in [0.25, 0.3) is 0 Å². The number of aromatic nitrogens is 2. The van der Waals surface area contributed by atoms with Gasteiger partial charge in [0.15, 0.2) is 0 Å². The second-order valence-electron chi connectivity index (χ2n) is 4.06. The lowest BCUT2D eigenvalue weighted by Crippen LogP contribution is -2.14. The minimum atomic E-state index is -0.160. The number of rotatable bonds is 5. The van der Waals surface area contributed by atoms with Gasteiger partial charge >= 0.3 is 0 Å². The lowest BCUT2D eigenvalue weighted by Gasteiger charge is -2.16. The zero-order valence-corrected chi connectivity index (χ0v) is 10.5. The highest BCUT2D eigenvalue weighted by atomic mass is 16.5. The molecule has 2 aromatic rings. The van der Waals surface area contributed by atoms with Crippen LogP contribution in [0.2, 0.25) is 0 Å². The van der Waals surface area contributed by atoms with Gasteiger partial charge in [0.25, 0.3) is 0 Å². The molecule has 0 spiro atoms. The topological polar surface area (TPSA) is 59.3 Å². The Hall–Kier alpha value is -2.01. The summed E-state index contributed by atoms with van der Waals surface area (Å²) in [6, 6.07) is 7.42. The minimum absolute atomic E-state index is 0.0116. The molecule has 0 amide bonds. The molecule has 1 unspecified atom stereocenters. The maximum atomic E-state index is 9.43. The molecule has 2 N–H and O–H groups in total. The van der Waals surface area contributed by atoms with Gasteiger partial charge in [-0.15, -0.1) is 0 Å². The Morgan fingerprint density at radius 1 is 1.39 bits per heavy atom. The quantitative estimate of drug-likeness (QED) is 0.842. The maximum Gasteiger partial charge on any atom is 0.119 e. The highest BCUT2D eigenvalue weighted by molar-refractivity contribution is 5.48. The van der Waals surface area contributed by atoms with Gasteiger partial charge in [0.05, 0.1) is 26.0 Å². The van der Waals surface area contributed by atoms with Gasteiger partial charge in [-0.3, -0.25) is 4.68 Å². The molecule has 0 aliphatic rings. The average Bonchev–Trinajstić information content (AvgIpc) is 2.83. The minimum Gasteiger partial charge on any atom is -0.497 e. The fourth-order valence-electron chi connectivity index (χ4n) is 1.74. The first-order valence-corrected chi connectivity index (χ1v) is 5.73. The van der Waals surface area contributed by atoms with E-state index >= 15 is 0 Å². The molecule has 1 heterocycles. The molecule has 18 heavy (non-hydrogen) atoms. The second-order valence-corrected chi connectivity index (χ2v) is 4.06. The van der Waals surface area contributed by atoms with Crippen LogP contribution in [-0.4, -0.2) is 28.6 Å². The van der Waals surface area contributed by atoms with Gasteiger partial charge in [-0.1, -0.05) is 0 Å². The molecule has 0 bridgehead atoms. The Balaban J connectivity index is 2.10. The van der Waals surface area contributed by atoms with Crippen LogP contribution in [0.15, 0.2) is 36.7 Å². The molecular formula is C13H17N3O2. The van der Waals surface area contributed by atoms with Crippen molar-refractivity contribution in [2.75, 3.05) is 19.0 Å². The number of aryl methyl sites for hydroxylation is 1. The van der Waals surface area contributed by atoms with Crippen molar-refractivity contribution < 1.29 is 9.84 Å². The number of hydrogen-bond acceptors (Lipinski definition) is 4. The Morgan fingerprint density at radius 2 is 2.11 bits per heavy atom. The fourth-order valence-corrected chi connectivity index (χ4v) is 1.74. The van der Waals surface area contributed by atoms with Crippen LogP contribution in [-0.2, 0) is 7.05 Å². The average molecular weight is 247 g/mol. The number of aliphatic hydroxyl groups is 1. The smallest absolute Gasteiger partial charge is 0.119 e. The van der Waals surface area contributed by atoms with Gasteiger partial charge in [-0.25, -0.2) is 0 Å². The van der Waals surface area contributed by atoms with E-state index in [1.165, 1.54) is 0 Å². The molecule has 2 rings (SSSR count). The lowest BCUT2D eigenvalue weighted by atomic mass is 10.1. The summed E-state index contributed by atoms with van der Waals surface area (Å²) >= 11 is 0. The van der Waals surface area contributed by atoms with Gasteiger partial charge in [0, 0.05) is 24.5 Å². The molecule has 0 radical (unpaired) electrons. The third kappa shape index (κ3) is 2.81. The summed E-state index contributed by atoms with van der Waals surface area (Å²) in [4.78, 5) is 0. The Bertz CT molecular complexity index is 493. The Kier molecular flexibility index (Phi) is 3.84. The SMILES string of the molecule is COc1ccc(NC(CO)c2cnn(C)c2)cc1. The number of methoxy groups -OCH3 is 1. The molecule has 1 atom stereocenters. The van der Waals surface area contributed by atoms with Crippen molar-refractivity contribution in [1.29, 1.82) is 0 Å². The van der Waals surface area contributed by atoms with Crippen molar-refractivity contribution in [3.8, 4) is 5.75 Å². The highest BCUT2D eigenvalue weighted by Crippen LogP contribution is 2.21. The summed E-state index contributed by atoms with van der Waals surface area (Å²) in [5.74, 6) is 0.808. The summed E-state index contributed by atoms with van der Waals surface area (Å²) in [6.07, 6.45) is 3.63. The summed E-state index contributed by atoms with van der Waals surface area (Å²) in [6.45, 7) is 0.0116. The van der Waals surface area contributed by atoms with Crippen molar-refractivity contribution >= 4 is 5.69 Å². The van der Waals surface area contributed by atoms with E-state index in [1.54, 1.807) is 18.0 Å². The van der Waals surface area contributed by atoms with Crippen LogP contribution in [0.4, 0.5) is 5.69 Å². The zero-order chi connectivity index (χ0) is 13.0. The van der Waals surface area contributed by atoms with E-state index in [-0.39, 0.29) is 12.6 Å². The number of hydrogen-bond donors (Lipinski definition) is 2. The lowest BCUT2D eigenvalue weighted by molar-refractivity contribution is 0.276. The Labute approximate surface area is 106 Å². The summed E-state index contributed by atoms with van der Waals surface area (Å²) < 4.78 is 6.81. The summed E-state index contributed by atoms with van der Waals surface area (Å²) in [5, 5.41) is 16.8. The van der Waals surface area contributed by atoms with Gasteiger partial charge in [0.2, 0.25) is 0 Å². The van der Waals surface area contributed by atoms with E-state index in [9.17, 15) is 5.11 Å². The van der Waals surface area contributed by atoms with Crippen molar-refractivity contribution in [1.82, 2.24) is 9.78 Å². The van der Waals surface area contributed by atoms with E-state index in [2.05, 4.69) is 10.4 Å². The number of nitrogens with zero attached hydrogens (tertiary/aromatic N) is 2. The molecule has 1 aromatic carbocycles. The number of aliphatic hydroxyl groups excluding tert-OH is 1. The molecular weight excluding hydrogens is 230 g/mol. The zero-order valence-electron chi connectivity index (χ0n) is 10.5.